The number of hydrogen-bond donors (Lipinski definition) is 2. The minimum atomic E-state index is -0.890. The predicted octanol–water partition coefficient (Wildman–Crippen LogP) is 4.63. The molecule has 5 aromatic rings. The molecule has 162 valence electrons. The van der Waals surface area contributed by atoms with Crippen LogP contribution >= 0.6 is 0 Å². The normalized spacial score (nSPS) is 11.3. The lowest BCUT2D eigenvalue weighted by molar-refractivity contribution is 0.503. The molecule has 9 heteroatoms. The van der Waals surface area contributed by atoms with Gasteiger partial charge in [-0.2, -0.15) is 5.10 Å². The summed E-state index contributed by atoms with van der Waals surface area (Å²) < 4.78 is 36.3. The van der Waals surface area contributed by atoms with Gasteiger partial charge in [0.2, 0.25) is 0 Å². The van der Waals surface area contributed by atoms with Gasteiger partial charge >= 0.3 is 0 Å². The van der Waals surface area contributed by atoms with Crippen LogP contribution in [0.2, 0.25) is 0 Å². The highest BCUT2D eigenvalue weighted by Gasteiger charge is 2.16. The molecule has 0 aliphatic carbocycles. The Morgan fingerprint density at radius 2 is 2.03 bits per heavy atom. The van der Waals surface area contributed by atoms with Crippen LogP contribution < -0.4 is 5.32 Å². The van der Waals surface area contributed by atoms with Crippen LogP contribution in [0.4, 0.5) is 14.5 Å². The molecular weight excluding hydrogens is 414 g/mol. The molecule has 0 aliphatic heterocycles. The maximum Gasteiger partial charge on any atom is 0.179 e. The van der Waals surface area contributed by atoms with Gasteiger partial charge in [-0.1, -0.05) is 12.1 Å². The van der Waals surface area contributed by atoms with Crippen LogP contribution in [-0.2, 0) is 26.4 Å². The maximum atomic E-state index is 14.7. The number of nitrogens with one attached hydrogen (secondary N) is 2. The summed E-state index contributed by atoms with van der Waals surface area (Å²) >= 11 is 0. The molecule has 7 nitrogen and oxygen atoms in total. The summed E-state index contributed by atoms with van der Waals surface area (Å²) in [5.74, 6) is -0.118. The van der Waals surface area contributed by atoms with Gasteiger partial charge < -0.3 is 14.7 Å². The van der Waals surface area contributed by atoms with Gasteiger partial charge in [0.15, 0.2) is 17.3 Å². The van der Waals surface area contributed by atoms with Crippen molar-refractivity contribution in [1.82, 2.24) is 24.7 Å². The first kappa shape index (κ1) is 19.9. The highest BCUT2D eigenvalue weighted by atomic mass is 19.2. The van der Waals surface area contributed by atoms with Crippen LogP contribution in [-0.4, -0.2) is 24.7 Å². The highest BCUT2D eigenvalue weighted by molar-refractivity contribution is 5.85. The van der Waals surface area contributed by atoms with E-state index in [0.717, 1.165) is 17.1 Å². The van der Waals surface area contributed by atoms with E-state index >= 15 is 0 Å². The van der Waals surface area contributed by atoms with E-state index in [-0.39, 0.29) is 17.7 Å². The summed E-state index contributed by atoms with van der Waals surface area (Å²) in [6.45, 7) is 0.107. The van der Waals surface area contributed by atoms with Crippen molar-refractivity contribution >= 4 is 16.9 Å². The number of H-pyrrole nitrogens is 1. The van der Waals surface area contributed by atoms with Crippen LogP contribution in [0.3, 0.4) is 0 Å². The molecule has 0 saturated carbocycles. The number of aryl methyl sites for hydroxylation is 3. The van der Waals surface area contributed by atoms with E-state index in [0.29, 0.717) is 29.7 Å². The molecule has 0 aliphatic rings. The zero-order valence-corrected chi connectivity index (χ0v) is 17.3. The topological polar surface area (TPSA) is 84.6 Å². The number of halogens is 2. The molecule has 0 spiro atoms. The highest BCUT2D eigenvalue weighted by Crippen LogP contribution is 2.27. The number of benzene rings is 1. The lowest BCUT2D eigenvalue weighted by Crippen LogP contribution is -2.05. The van der Waals surface area contributed by atoms with Gasteiger partial charge in [0, 0.05) is 55.5 Å². The van der Waals surface area contributed by atoms with Crippen LogP contribution in [0.5, 0.6) is 0 Å². The number of imidazole rings is 1. The van der Waals surface area contributed by atoms with Gasteiger partial charge in [0.1, 0.15) is 17.1 Å². The molecule has 0 radical (unpaired) electrons. The number of anilines is 1. The van der Waals surface area contributed by atoms with Crippen molar-refractivity contribution in [2.24, 2.45) is 7.05 Å². The fraction of sp³-hybridized carbons (Fsp3) is 0.174. The maximum absolute atomic E-state index is 14.7. The molecule has 4 heterocycles. The Morgan fingerprint density at radius 3 is 2.81 bits per heavy atom. The molecule has 0 saturated heterocycles. The van der Waals surface area contributed by atoms with Gasteiger partial charge in [-0.3, -0.25) is 4.68 Å². The lowest BCUT2D eigenvalue weighted by Gasteiger charge is -2.10. The second kappa shape index (κ2) is 8.26. The Balaban J connectivity index is 1.34. The molecule has 1 aromatic carbocycles. The van der Waals surface area contributed by atoms with Crippen LogP contribution in [0.1, 0.15) is 17.1 Å². The van der Waals surface area contributed by atoms with Crippen molar-refractivity contribution in [3.8, 4) is 11.1 Å². The Labute approximate surface area is 182 Å². The van der Waals surface area contributed by atoms with E-state index in [2.05, 4.69) is 25.4 Å². The smallest absolute Gasteiger partial charge is 0.179 e. The van der Waals surface area contributed by atoms with Gasteiger partial charge in [-0.05, 0) is 18.2 Å². The molecule has 0 atom stereocenters. The Bertz CT molecular complexity index is 1370. The fourth-order valence-corrected chi connectivity index (χ4v) is 3.62. The summed E-state index contributed by atoms with van der Waals surface area (Å²) in [6.07, 6.45) is 7.80. The second-order valence-electron chi connectivity index (χ2n) is 7.48. The molecule has 0 amide bonds. The summed E-state index contributed by atoms with van der Waals surface area (Å²) in [7, 11) is 1.73. The number of rotatable bonds is 7. The SMILES string of the molecule is Cn1cc(-c2ccc(CNc3ccnc4nc(CCc5ccco5)[nH]c34)c(F)c2F)cn1. The molecule has 0 bridgehead atoms. The number of hydrogen-bond acceptors (Lipinski definition) is 5. The van der Waals surface area contributed by atoms with Crippen LogP contribution in [0, 0.1) is 11.6 Å². The minimum absolute atomic E-state index is 0.107. The number of fused-ring (bicyclic) bond motifs is 1. The summed E-state index contributed by atoms with van der Waals surface area (Å²) in [4.78, 5) is 12.1. The van der Waals surface area contributed by atoms with E-state index in [1.165, 1.54) is 6.20 Å². The van der Waals surface area contributed by atoms with Crippen molar-refractivity contribution in [3.63, 3.8) is 0 Å². The standard InChI is InChI=1S/C23H20F2N6O/c1-31-13-15(12-28-31)17-6-4-14(20(24)21(17)25)11-27-18-8-9-26-23-22(18)29-19(30-23)7-5-16-3-2-10-32-16/h2-4,6,8-10,12-13H,5,7,11H2,1H3,(H2,26,27,29,30). The first-order chi connectivity index (χ1) is 15.6. The first-order valence-electron chi connectivity index (χ1n) is 10.1. The van der Waals surface area contributed by atoms with E-state index in [4.69, 9.17) is 4.42 Å². The van der Waals surface area contributed by atoms with Crippen molar-refractivity contribution in [1.29, 1.82) is 0 Å². The summed E-state index contributed by atoms with van der Waals surface area (Å²) in [5, 5.41) is 7.18. The number of aromatic nitrogens is 5. The van der Waals surface area contributed by atoms with Crippen molar-refractivity contribution in [2.75, 3.05) is 5.32 Å². The number of nitrogens with zero attached hydrogens (tertiary/aromatic N) is 4. The van der Waals surface area contributed by atoms with Crippen LogP contribution in [0.25, 0.3) is 22.3 Å². The third-order valence-corrected chi connectivity index (χ3v) is 5.28. The zero-order chi connectivity index (χ0) is 22.1. The molecular formula is C23H20F2N6O. The van der Waals surface area contributed by atoms with Crippen molar-refractivity contribution in [2.45, 2.75) is 19.4 Å². The molecule has 5 rings (SSSR count). The van der Waals surface area contributed by atoms with Crippen LogP contribution in [0.15, 0.2) is 59.6 Å². The van der Waals surface area contributed by atoms with Crippen molar-refractivity contribution < 1.29 is 13.2 Å². The fourth-order valence-electron chi connectivity index (χ4n) is 3.62. The molecule has 0 fully saturated rings. The number of furan rings is 1. The third kappa shape index (κ3) is 3.84. The Hall–Kier alpha value is -4.01. The van der Waals surface area contributed by atoms with Gasteiger partial charge in [-0.25, -0.2) is 18.7 Å². The molecule has 32 heavy (non-hydrogen) atoms. The average molecular weight is 434 g/mol. The van der Waals surface area contributed by atoms with Gasteiger partial charge in [0.25, 0.3) is 0 Å². The van der Waals surface area contributed by atoms with E-state index < -0.39 is 11.6 Å². The van der Waals surface area contributed by atoms with Gasteiger partial charge in [0.05, 0.1) is 18.1 Å². The number of pyridine rings is 1. The lowest BCUT2D eigenvalue weighted by atomic mass is 10.1. The van der Waals surface area contributed by atoms with E-state index in [1.54, 1.807) is 48.6 Å². The summed E-state index contributed by atoms with van der Waals surface area (Å²) in [5.41, 5.74) is 2.91. The summed E-state index contributed by atoms with van der Waals surface area (Å²) in [6, 6.07) is 8.68. The van der Waals surface area contributed by atoms with Crippen molar-refractivity contribution in [3.05, 3.63) is 84.0 Å². The second-order valence-corrected chi connectivity index (χ2v) is 7.48. The minimum Gasteiger partial charge on any atom is -0.469 e. The zero-order valence-electron chi connectivity index (χ0n) is 17.3. The van der Waals surface area contributed by atoms with Gasteiger partial charge in [-0.15, -0.1) is 0 Å². The Kier molecular flexibility index (Phi) is 5.14. The number of aromatic amines is 1. The van der Waals surface area contributed by atoms with E-state index in [9.17, 15) is 8.78 Å². The quantitative estimate of drug-likeness (QED) is 0.390. The molecule has 4 aromatic heterocycles. The molecule has 2 N–H and O–H groups in total. The Morgan fingerprint density at radius 1 is 1.12 bits per heavy atom. The molecule has 0 unspecified atom stereocenters. The third-order valence-electron chi connectivity index (χ3n) is 5.28. The van der Waals surface area contributed by atoms with E-state index in [1.807, 2.05) is 12.1 Å². The monoisotopic (exact) mass is 434 g/mol. The predicted molar refractivity (Wildman–Crippen MR) is 116 cm³/mol. The largest absolute Gasteiger partial charge is 0.469 e. The first-order valence-corrected chi connectivity index (χ1v) is 10.1. The average Bonchev–Trinajstić information content (AvgIpc) is 3.54.